The monoisotopic (exact) mass is 341 g/mol. The number of unbranched alkanes of at least 4 members (excludes halogenated alkanes) is 2. The summed E-state index contributed by atoms with van der Waals surface area (Å²) in [5, 5.41) is 9.91. The van der Waals surface area contributed by atoms with Gasteiger partial charge in [-0.1, -0.05) is 69.6 Å². The van der Waals surface area contributed by atoms with Crippen molar-refractivity contribution in [3.8, 4) is 17.3 Å². The largest absolute Gasteiger partial charge is 0.300 e. The maximum atomic E-state index is 12.2. The fourth-order valence-corrected chi connectivity index (χ4v) is 3.24. The molecule has 0 saturated heterocycles. The summed E-state index contributed by atoms with van der Waals surface area (Å²) in [6, 6.07) is 9.91. The van der Waals surface area contributed by atoms with Crippen molar-refractivity contribution in [3.05, 3.63) is 45.7 Å². The van der Waals surface area contributed by atoms with Gasteiger partial charge in [-0.05, 0) is 17.9 Å². The Balaban J connectivity index is 2.34. The summed E-state index contributed by atoms with van der Waals surface area (Å²) in [5.74, 6) is 1.35. The van der Waals surface area contributed by atoms with Gasteiger partial charge in [0.2, 0.25) is 0 Å². The highest BCUT2D eigenvalue weighted by atomic mass is 32.2. The zero-order valence-corrected chi connectivity index (χ0v) is 15.2. The highest BCUT2D eigenvalue weighted by Crippen LogP contribution is 2.24. The summed E-state index contributed by atoms with van der Waals surface area (Å²) >= 11 is 1.53. The Bertz CT molecular complexity index is 773. The summed E-state index contributed by atoms with van der Waals surface area (Å²) in [7, 11) is 0. The van der Waals surface area contributed by atoms with Crippen molar-refractivity contribution in [1.82, 2.24) is 9.97 Å². The molecule has 1 N–H and O–H groups in total. The van der Waals surface area contributed by atoms with Crippen molar-refractivity contribution >= 4 is 11.8 Å². The third-order valence-corrected chi connectivity index (χ3v) is 4.81. The Morgan fingerprint density at radius 2 is 1.96 bits per heavy atom. The Morgan fingerprint density at radius 1 is 1.25 bits per heavy atom. The fourth-order valence-electron chi connectivity index (χ4n) is 2.38. The van der Waals surface area contributed by atoms with Crippen LogP contribution in [-0.4, -0.2) is 15.7 Å². The smallest absolute Gasteiger partial charge is 0.270 e. The number of thioether (sulfide) groups is 1. The third-order valence-electron chi connectivity index (χ3n) is 3.85. The normalized spacial score (nSPS) is 10.8. The number of benzene rings is 1. The van der Waals surface area contributed by atoms with E-state index in [1.807, 2.05) is 30.3 Å². The lowest BCUT2D eigenvalue weighted by Crippen LogP contribution is -2.14. The lowest BCUT2D eigenvalue weighted by atomic mass is 10.00. The van der Waals surface area contributed by atoms with E-state index in [4.69, 9.17) is 0 Å². The van der Waals surface area contributed by atoms with Crippen molar-refractivity contribution in [2.75, 3.05) is 5.75 Å². The molecule has 0 aliphatic rings. The van der Waals surface area contributed by atoms with Crippen molar-refractivity contribution in [1.29, 1.82) is 5.26 Å². The molecule has 0 bridgehead atoms. The fraction of sp³-hybridized carbons (Fsp3) is 0.421. The zero-order valence-electron chi connectivity index (χ0n) is 14.4. The molecule has 4 nitrogen and oxygen atoms in total. The molecule has 0 aliphatic heterocycles. The van der Waals surface area contributed by atoms with Crippen LogP contribution in [0.15, 0.2) is 34.2 Å². The summed E-state index contributed by atoms with van der Waals surface area (Å²) in [4.78, 5) is 19.4. The average molecular weight is 341 g/mol. The summed E-state index contributed by atoms with van der Waals surface area (Å²) in [6.07, 6.45) is 3.41. The molecule has 0 aliphatic carbocycles. The highest BCUT2D eigenvalue weighted by Gasteiger charge is 2.14. The van der Waals surface area contributed by atoms with Crippen molar-refractivity contribution in [2.24, 2.45) is 0 Å². The number of nitrogens with one attached hydrogen (secondary N) is 1. The van der Waals surface area contributed by atoms with Crippen LogP contribution >= 0.6 is 11.8 Å². The van der Waals surface area contributed by atoms with Gasteiger partial charge < -0.3 is 4.98 Å². The van der Waals surface area contributed by atoms with Gasteiger partial charge in [-0.25, -0.2) is 4.98 Å². The first-order valence-electron chi connectivity index (χ1n) is 8.34. The van der Waals surface area contributed by atoms with Crippen LogP contribution in [0.5, 0.6) is 0 Å². The predicted molar refractivity (Wildman–Crippen MR) is 99.3 cm³/mol. The molecule has 1 heterocycles. The first kappa shape index (κ1) is 18.3. The van der Waals surface area contributed by atoms with E-state index in [1.165, 1.54) is 17.3 Å². The average Bonchev–Trinajstić information content (AvgIpc) is 2.58. The molecular weight excluding hydrogens is 318 g/mol. The number of nitrogens with zero attached hydrogens (tertiary/aromatic N) is 2. The second-order valence-corrected chi connectivity index (χ2v) is 7.12. The molecular formula is C19H23N3OS. The molecule has 2 aromatic rings. The number of hydrogen-bond donors (Lipinski definition) is 1. The molecule has 0 unspecified atom stereocenters. The first-order chi connectivity index (χ1) is 11.6. The van der Waals surface area contributed by atoms with Crippen molar-refractivity contribution < 1.29 is 0 Å². The quantitative estimate of drug-likeness (QED) is 0.449. The van der Waals surface area contributed by atoms with Crippen LogP contribution in [0, 0.1) is 11.3 Å². The number of aromatic amines is 1. The van der Waals surface area contributed by atoms with E-state index >= 15 is 0 Å². The Hall–Kier alpha value is -2.06. The zero-order chi connectivity index (χ0) is 17.5. The Kier molecular flexibility index (Phi) is 6.62. The Morgan fingerprint density at radius 3 is 2.54 bits per heavy atom. The van der Waals surface area contributed by atoms with Gasteiger partial charge in [-0.2, -0.15) is 5.26 Å². The van der Waals surface area contributed by atoms with Gasteiger partial charge in [-0.15, -0.1) is 0 Å². The number of rotatable bonds is 7. The van der Waals surface area contributed by atoms with E-state index in [0.717, 1.165) is 30.6 Å². The first-order valence-corrected chi connectivity index (χ1v) is 9.33. The number of hydrogen-bond acceptors (Lipinski definition) is 4. The van der Waals surface area contributed by atoms with Crippen molar-refractivity contribution in [3.63, 3.8) is 0 Å². The van der Waals surface area contributed by atoms with Gasteiger partial charge in [0, 0.05) is 11.3 Å². The van der Waals surface area contributed by atoms with Crippen LogP contribution in [0.3, 0.4) is 0 Å². The number of H-pyrrole nitrogens is 1. The molecule has 24 heavy (non-hydrogen) atoms. The van der Waals surface area contributed by atoms with Gasteiger partial charge in [0.1, 0.15) is 11.6 Å². The van der Waals surface area contributed by atoms with Gasteiger partial charge in [0.25, 0.3) is 5.56 Å². The standard InChI is InChI=1S/C19H23N3OS/c1-4-5-6-11-24-19-21-17(16(12-20)18(23)22-19)15-9-7-14(8-10-15)13(2)3/h7-10,13H,4-6,11H2,1-3H3,(H,21,22,23). The molecule has 0 spiro atoms. The predicted octanol–water partition coefficient (Wildman–Crippen LogP) is 4.71. The molecule has 0 radical (unpaired) electrons. The molecule has 0 fully saturated rings. The van der Waals surface area contributed by atoms with Gasteiger partial charge in [0.05, 0.1) is 5.69 Å². The molecule has 1 aromatic carbocycles. The molecule has 2 rings (SSSR count). The molecule has 5 heteroatoms. The van der Waals surface area contributed by atoms with E-state index in [-0.39, 0.29) is 11.1 Å². The van der Waals surface area contributed by atoms with E-state index in [9.17, 15) is 10.1 Å². The van der Waals surface area contributed by atoms with Crippen molar-refractivity contribution in [2.45, 2.75) is 51.1 Å². The summed E-state index contributed by atoms with van der Waals surface area (Å²) < 4.78 is 0. The van der Waals surface area contributed by atoms with Crippen LogP contribution in [-0.2, 0) is 0 Å². The van der Waals surface area contributed by atoms with Crippen LogP contribution < -0.4 is 5.56 Å². The summed E-state index contributed by atoms with van der Waals surface area (Å²) in [5.41, 5.74) is 2.20. The van der Waals surface area contributed by atoms with E-state index in [2.05, 4.69) is 30.7 Å². The number of aromatic nitrogens is 2. The minimum Gasteiger partial charge on any atom is -0.300 e. The molecule has 1 aromatic heterocycles. The third kappa shape index (κ3) is 4.48. The summed E-state index contributed by atoms with van der Waals surface area (Å²) in [6.45, 7) is 6.42. The lowest BCUT2D eigenvalue weighted by molar-refractivity contribution is 0.777. The van der Waals surface area contributed by atoms with Crippen LogP contribution in [0.4, 0.5) is 0 Å². The van der Waals surface area contributed by atoms with E-state index in [1.54, 1.807) is 0 Å². The minimum absolute atomic E-state index is 0.0743. The maximum Gasteiger partial charge on any atom is 0.270 e. The lowest BCUT2D eigenvalue weighted by Gasteiger charge is -2.09. The molecule has 126 valence electrons. The van der Waals surface area contributed by atoms with Gasteiger partial charge in [-0.3, -0.25) is 4.79 Å². The van der Waals surface area contributed by atoms with E-state index in [0.29, 0.717) is 16.8 Å². The van der Waals surface area contributed by atoms with Crippen LogP contribution in [0.25, 0.3) is 11.3 Å². The SMILES string of the molecule is CCCCCSc1nc(-c2ccc(C(C)C)cc2)c(C#N)c(=O)[nH]1. The Labute approximate surface area is 147 Å². The maximum absolute atomic E-state index is 12.2. The second-order valence-electron chi connectivity index (χ2n) is 6.04. The molecule has 0 amide bonds. The van der Waals surface area contributed by atoms with E-state index < -0.39 is 0 Å². The minimum atomic E-state index is -0.367. The molecule has 0 saturated carbocycles. The second kappa shape index (κ2) is 8.70. The molecule has 0 atom stereocenters. The highest BCUT2D eigenvalue weighted by molar-refractivity contribution is 7.99. The topological polar surface area (TPSA) is 69.5 Å². The number of nitriles is 1. The van der Waals surface area contributed by atoms with Gasteiger partial charge >= 0.3 is 0 Å². The van der Waals surface area contributed by atoms with Gasteiger partial charge in [0.15, 0.2) is 5.16 Å². The van der Waals surface area contributed by atoms with Crippen LogP contribution in [0.2, 0.25) is 0 Å². The van der Waals surface area contributed by atoms with Crippen LogP contribution in [0.1, 0.15) is 57.1 Å².